The minimum Gasteiger partial charge on any atom is -0.384 e. The SMILES string of the molecule is COC[C@@H]1CN(C)CC12CCN(Cc1cccc(C)n1)CC2. The van der Waals surface area contributed by atoms with Crippen molar-refractivity contribution in [3.05, 3.63) is 29.6 Å². The zero-order valence-corrected chi connectivity index (χ0v) is 14.2. The van der Waals surface area contributed by atoms with Crippen molar-refractivity contribution in [1.82, 2.24) is 14.8 Å². The largest absolute Gasteiger partial charge is 0.384 e. The van der Waals surface area contributed by atoms with Crippen LogP contribution >= 0.6 is 0 Å². The second-order valence-corrected chi connectivity index (χ2v) is 7.26. The van der Waals surface area contributed by atoms with Crippen LogP contribution in [-0.2, 0) is 11.3 Å². The topological polar surface area (TPSA) is 28.6 Å². The Morgan fingerprint density at radius 1 is 1.32 bits per heavy atom. The van der Waals surface area contributed by atoms with Crippen LogP contribution < -0.4 is 0 Å². The molecule has 2 fully saturated rings. The fourth-order valence-corrected chi connectivity index (χ4v) is 4.37. The van der Waals surface area contributed by atoms with Gasteiger partial charge in [-0.15, -0.1) is 0 Å². The highest BCUT2D eigenvalue weighted by atomic mass is 16.5. The van der Waals surface area contributed by atoms with Crippen LogP contribution in [0.3, 0.4) is 0 Å². The number of likely N-dealkylation sites (tertiary alicyclic amines) is 2. The molecule has 4 nitrogen and oxygen atoms in total. The van der Waals surface area contributed by atoms with E-state index in [1.807, 2.05) is 7.11 Å². The van der Waals surface area contributed by atoms with E-state index in [2.05, 4.69) is 47.0 Å². The molecule has 1 atom stereocenters. The molecule has 22 heavy (non-hydrogen) atoms. The fraction of sp³-hybridized carbons (Fsp3) is 0.722. The van der Waals surface area contributed by atoms with Gasteiger partial charge in [-0.25, -0.2) is 0 Å². The van der Waals surface area contributed by atoms with Crippen molar-refractivity contribution < 1.29 is 4.74 Å². The molecule has 1 aromatic heterocycles. The first-order valence-corrected chi connectivity index (χ1v) is 8.44. The standard InChI is InChI=1S/C18H29N3O/c1-15-5-4-6-17(19-15)12-21-9-7-18(8-10-21)14-20(2)11-16(18)13-22-3/h4-6,16H,7-14H2,1-3H3/t16-/m0/s1. The van der Waals surface area contributed by atoms with E-state index in [-0.39, 0.29) is 0 Å². The summed E-state index contributed by atoms with van der Waals surface area (Å²) in [6.45, 7) is 8.75. The third-order valence-electron chi connectivity index (χ3n) is 5.53. The molecule has 3 heterocycles. The summed E-state index contributed by atoms with van der Waals surface area (Å²) in [6.07, 6.45) is 2.58. The number of piperidine rings is 1. The maximum absolute atomic E-state index is 5.49. The molecule has 1 spiro atoms. The van der Waals surface area contributed by atoms with Gasteiger partial charge in [0, 0.05) is 38.4 Å². The zero-order chi connectivity index (χ0) is 15.6. The summed E-state index contributed by atoms with van der Waals surface area (Å²) in [4.78, 5) is 9.70. The first kappa shape index (κ1) is 15.9. The Bertz CT molecular complexity index is 497. The Labute approximate surface area is 134 Å². The molecule has 122 valence electrons. The van der Waals surface area contributed by atoms with Gasteiger partial charge in [0.15, 0.2) is 0 Å². The van der Waals surface area contributed by atoms with Crippen LogP contribution in [0.2, 0.25) is 0 Å². The second kappa shape index (κ2) is 6.65. The van der Waals surface area contributed by atoms with E-state index in [1.165, 1.54) is 44.7 Å². The van der Waals surface area contributed by atoms with Crippen LogP contribution in [0.25, 0.3) is 0 Å². The molecule has 0 unspecified atom stereocenters. The molecule has 0 amide bonds. The van der Waals surface area contributed by atoms with Gasteiger partial charge in [0.05, 0.1) is 12.3 Å². The summed E-state index contributed by atoms with van der Waals surface area (Å²) in [5.41, 5.74) is 2.79. The highest BCUT2D eigenvalue weighted by Gasteiger charge is 2.46. The number of ether oxygens (including phenoxy) is 1. The van der Waals surface area contributed by atoms with Crippen molar-refractivity contribution in [1.29, 1.82) is 0 Å². The molecule has 0 bridgehead atoms. The maximum Gasteiger partial charge on any atom is 0.0547 e. The average molecular weight is 303 g/mol. The van der Waals surface area contributed by atoms with Crippen molar-refractivity contribution in [2.75, 3.05) is 46.9 Å². The van der Waals surface area contributed by atoms with Gasteiger partial charge in [-0.3, -0.25) is 9.88 Å². The number of rotatable bonds is 4. The monoisotopic (exact) mass is 303 g/mol. The van der Waals surface area contributed by atoms with Gasteiger partial charge >= 0.3 is 0 Å². The Morgan fingerprint density at radius 2 is 2.09 bits per heavy atom. The number of methoxy groups -OCH3 is 1. The van der Waals surface area contributed by atoms with Crippen molar-refractivity contribution in [3.8, 4) is 0 Å². The highest BCUT2D eigenvalue weighted by Crippen LogP contribution is 2.44. The van der Waals surface area contributed by atoms with Crippen LogP contribution in [0.15, 0.2) is 18.2 Å². The predicted octanol–water partition coefficient (Wildman–Crippen LogP) is 2.18. The van der Waals surface area contributed by atoms with Gasteiger partial charge in [0.2, 0.25) is 0 Å². The summed E-state index contributed by atoms with van der Waals surface area (Å²) in [5, 5.41) is 0. The van der Waals surface area contributed by atoms with Crippen molar-refractivity contribution in [2.24, 2.45) is 11.3 Å². The molecule has 2 aliphatic heterocycles. The smallest absolute Gasteiger partial charge is 0.0547 e. The van der Waals surface area contributed by atoms with Gasteiger partial charge in [-0.05, 0) is 57.5 Å². The van der Waals surface area contributed by atoms with E-state index in [0.717, 1.165) is 18.8 Å². The average Bonchev–Trinajstić information content (AvgIpc) is 2.78. The van der Waals surface area contributed by atoms with Crippen molar-refractivity contribution in [3.63, 3.8) is 0 Å². The minimum absolute atomic E-state index is 0.474. The number of nitrogens with zero attached hydrogens (tertiary/aromatic N) is 3. The van der Waals surface area contributed by atoms with E-state index < -0.39 is 0 Å². The summed E-state index contributed by atoms with van der Waals surface area (Å²) >= 11 is 0. The lowest BCUT2D eigenvalue weighted by atomic mass is 9.71. The van der Waals surface area contributed by atoms with Crippen molar-refractivity contribution in [2.45, 2.75) is 26.3 Å². The quantitative estimate of drug-likeness (QED) is 0.852. The Kier molecular flexibility index (Phi) is 4.81. The number of aryl methyl sites for hydroxylation is 1. The van der Waals surface area contributed by atoms with Gasteiger partial charge in [-0.2, -0.15) is 0 Å². The first-order chi connectivity index (χ1) is 10.6. The zero-order valence-electron chi connectivity index (χ0n) is 14.2. The normalized spacial score (nSPS) is 25.9. The summed E-state index contributed by atoms with van der Waals surface area (Å²) in [6, 6.07) is 6.33. The van der Waals surface area contributed by atoms with E-state index >= 15 is 0 Å². The molecule has 0 saturated carbocycles. The number of pyridine rings is 1. The lowest BCUT2D eigenvalue weighted by Crippen LogP contribution is -2.44. The van der Waals surface area contributed by atoms with Crippen LogP contribution in [0.4, 0.5) is 0 Å². The Balaban J connectivity index is 1.60. The fourth-order valence-electron chi connectivity index (χ4n) is 4.37. The van der Waals surface area contributed by atoms with E-state index in [1.54, 1.807) is 0 Å². The molecule has 4 heteroatoms. The third-order valence-corrected chi connectivity index (χ3v) is 5.53. The van der Waals surface area contributed by atoms with Crippen LogP contribution in [-0.4, -0.2) is 61.7 Å². The second-order valence-electron chi connectivity index (χ2n) is 7.26. The van der Waals surface area contributed by atoms with Crippen LogP contribution in [0, 0.1) is 18.3 Å². The molecular weight excluding hydrogens is 274 g/mol. The van der Waals surface area contributed by atoms with Gasteiger partial charge in [0.1, 0.15) is 0 Å². The molecule has 0 N–H and O–H groups in total. The van der Waals surface area contributed by atoms with Gasteiger partial charge in [0.25, 0.3) is 0 Å². The number of hydrogen-bond donors (Lipinski definition) is 0. The Hall–Kier alpha value is -0.970. The lowest BCUT2D eigenvalue weighted by molar-refractivity contribution is 0.0350. The summed E-state index contributed by atoms with van der Waals surface area (Å²) in [7, 11) is 4.09. The molecule has 0 aromatic carbocycles. The Morgan fingerprint density at radius 3 is 2.77 bits per heavy atom. The van der Waals surface area contributed by atoms with Gasteiger partial charge < -0.3 is 9.64 Å². The molecule has 1 aromatic rings. The van der Waals surface area contributed by atoms with E-state index in [0.29, 0.717) is 11.3 Å². The summed E-state index contributed by atoms with van der Waals surface area (Å²) in [5.74, 6) is 0.696. The minimum atomic E-state index is 0.474. The lowest BCUT2D eigenvalue weighted by Gasteiger charge is -2.42. The summed E-state index contributed by atoms with van der Waals surface area (Å²) < 4.78 is 5.49. The predicted molar refractivity (Wildman–Crippen MR) is 88.8 cm³/mol. The first-order valence-electron chi connectivity index (χ1n) is 8.44. The van der Waals surface area contributed by atoms with E-state index in [4.69, 9.17) is 4.74 Å². The van der Waals surface area contributed by atoms with Crippen LogP contribution in [0.1, 0.15) is 24.2 Å². The van der Waals surface area contributed by atoms with Gasteiger partial charge in [-0.1, -0.05) is 6.07 Å². The van der Waals surface area contributed by atoms with E-state index in [9.17, 15) is 0 Å². The maximum atomic E-state index is 5.49. The third kappa shape index (κ3) is 3.34. The number of hydrogen-bond acceptors (Lipinski definition) is 4. The molecule has 2 aliphatic rings. The molecule has 0 radical (unpaired) electrons. The van der Waals surface area contributed by atoms with Crippen LogP contribution in [0.5, 0.6) is 0 Å². The molecule has 3 rings (SSSR count). The molecule has 2 saturated heterocycles. The molecular formula is C18H29N3O. The highest BCUT2D eigenvalue weighted by molar-refractivity contribution is 5.10. The molecule has 0 aliphatic carbocycles. The number of aromatic nitrogens is 1. The van der Waals surface area contributed by atoms with Crippen molar-refractivity contribution >= 4 is 0 Å².